The number of fused-ring (bicyclic) bond motifs is 1. The van der Waals surface area contributed by atoms with Gasteiger partial charge in [0.1, 0.15) is 24.2 Å². The molecule has 2 aromatic carbocycles. The smallest absolute Gasteiger partial charge is 0.139 e. The largest absolute Gasteiger partial charge is 0.488 e. The topological polar surface area (TPSA) is 57.9 Å². The lowest BCUT2D eigenvalue weighted by atomic mass is 10.1. The molecule has 0 aliphatic carbocycles. The minimum Gasteiger partial charge on any atom is -0.488 e. The molecule has 0 bridgehead atoms. The van der Waals surface area contributed by atoms with Crippen molar-refractivity contribution >= 4 is 22.3 Å². The van der Waals surface area contributed by atoms with Gasteiger partial charge in [-0.2, -0.15) is 5.26 Å². The first-order chi connectivity index (χ1) is 12.2. The Morgan fingerprint density at radius 3 is 2.84 bits per heavy atom. The van der Waals surface area contributed by atoms with Crippen molar-refractivity contribution in [3.05, 3.63) is 71.9 Å². The Kier molecular flexibility index (Phi) is 4.96. The van der Waals surface area contributed by atoms with E-state index in [9.17, 15) is 5.26 Å². The van der Waals surface area contributed by atoms with E-state index < -0.39 is 0 Å². The quantitative estimate of drug-likeness (QED) is 0.654. The minimum absolute atomic E-state index is 0.437. The lowest BCUT2D eigenvalue weighted by molar-refractivity contribution is 0.361. The first-order valence-corrected chi connectivity index (χ1v) is 8.08. The van der Waals surface area contributed by atoms with Gasteiger partial charge in [0.2, 0.25) is 0 Å². The van der Waals surface area contributed by atoms with Crippen molar-refractivity contribution in [2.45, 2.75) is 13.8 Å². The molecule has 1 N–H and O–H groups in total. The predicted molar refractivity (Wildman–Crippen MR) is 101 cm³/mol. The third-order valence-electron chi connectivity index (χ3n) is 3.77. The van der Waals surface area contributed by atoms with Crippen LogP contribution in [0, 0.1) is 11.3 Å². The molecule has 0 fully saturated rings. The molecule has 25 heavy (non-hydrogen) atoms. The summed E-state index contributed by atoms with van der Waals surface area (Å²) in [6, 6.07) is 17.7. The number of nitrogens with one attached hydrogen (secondary N) is 1. The Morgan fingerprint density at radius 1 is 1.20 bits per heavy atom. The highest BCUT2D eigenvalue weighted by molar-refractivity contribution is 5.93. The molecule has 0 saturated heterocycles. The van der Waals surface area contributed by atoms with Crippen molar-refractivity contribution in [3.63, 3.8) is 0 Å². The van der Waals surface area contributed by atoms with E-state index in [1.807, 2.05) is 56.3 Å². The number of hydrogen-bond acceptors (Lipinski definition) is 4. The summed E-state index contributed by atoms with van der Waals surface area (Å²) in [5.74, 6) is 1.34. The molecule has 0 spiro atoms. The van der Waals surface area contributed by atoms with Crippen molar-refractivity contribution in [1.82, 2.24) is 4.98 Å². The zero-order chi connectivity index (χ0) is 17.6. The first kappa shape index (κ1) is 16.5. The van der Waals surface area contributed by atoms with E-state index >= 15 is 0 Å². The van der Waals surface area contributed by atoms with Gasteiger partial charge in [-0.3, -0.25) is 0 Å². The van der Waals surface area contributed by atoms with Crippen LogP contribution in [0.15, 0.2) is 66.4 Å². The van der Waals surface area contributed by atoms with Crippen LogP contribution in [0.2, 0.25) is 0 Å². The zero-order valence-corrected chi connectivity index (χ0v) is 14.3. The molecule has 3 aromatic rings. The standard InChI is InChI=1S/C21H19N3O/c1-15(2)10-12-25-20-13-18(8-7-17(20)14-22)24-21-19-6-4-3-5-16(19)9-11-23-21/h3-11,13H,12H2,1-2H3,(H,23,24). The number of pyridine rings is 1. The Hall–Kier alpha value is -3.32. The Bertz CT molecular complexity index is 961. The summed E-state index contributed by atoms with van der Waals surface area (Å²) in [5.41, 5.74) is 2.52. The molecule has 4 nitrogen and oxygen atoms in total. The van der Waals surface area contributed by atoms with Gasteiger partial charge in [0.25, 0.3) is 0 Å². The molecule has 0 unspecified atom stereocenters. The summed E-state index contributed by atoms with van der Waals surface area (Å²) in [5, 5.41) is 14.8. The Morgan fingerprint density at radius 2 is 2.04 bits per heavy atom. The maximum Gasteiger partial charge on any atom is 0.139 e. The van der Waals surface area contributed by atoms with Crippen LogP contribution in [0.5, 0.6) is 5.75 Å². The van der Waals surface area contributed by atoms with E-state index in [-0.39, 0.29) is 0 Å². The molecule has 0 amide bonds. The van der Waals surface area contributed by atoms with Crippen molar-refractivity contribution in [2.24, 2.45) is 0 Å². The Balaban J connectivity index is 1.90. The zero-order valence-electron chi connectivity index (χ0n) is 14.3. The molecule has 0 radical (unpaired) electrons. The van der Waals surface area contributed by atoms with Crippen molar-refractivity contribution in [3.8, 4) is 11.8 Å². The number of rotatable bonds is 5. The second-order valence-corrected chi connectivity index (χ2v) is 5.92. The lowest BCUT2D eigenvalue weighted by Gasteiger charge is -2.11. The molecule has 0 saturated carbocycles. The van der Waals surface area contributed by atoms with E-state index in [4.69, 9.17) is 4.74 Å². The van der Waals surface area contributed by atoms with Gasteiger partial charge >= 0.3 is 0 Å². The van der Waals surface area contributed by atoms with Crippen molar-refractivity contribution in [2.75, 3.05) is 11.9 Å². The number of aromatic nitrogens is 1. The van der Waals surface area contributed by atoms with Gasteiger partial charge in [0, 0.05) is 23.3 Å². The normalized spacial score (nSPS) is 10.1. The minimum atomic E-state index is 0.437. The molecule has 0 aliphatic heterocycles. The second-order valence-electron chi connectivity index (χ2n) is 5.92. The summed E-state index contributed by atoms with van der Waals surface area (Å²) >= 11 is 0. The van der Waals surface area contributed by atoms with Gasteiger partial charge < -0.3 is 10.1 Å². The number of nitriles is 1. The predicted octanol–water partition coefficient (Wildman–Crippen LogP) is 5.20. The molecule has 0 atom stereocenters. The third kappa shape index (κ3) is 3.96. The van der Waals surface area contributed by atoms with E-state index in [0.29, 0.717) is 17.9 Å². The van der Waals surface area contributed by atoms with Crippen LogP contribution in [0.3, 0.4) is 0 Å². The summed E-state index contributed by atoms with van der Waals surface area (Å²) in [6.07, 6.45) is 3.76. The molecule has 0 aliphatic rings. The van der Waals surface area contributed by atoms with Gasteiger partial charge in [-0.1, -0.05) is 29.8 Å². The number of allylic oxidation sites excluding steroid dienone is 1. The maximum absolute atomic E-state index is 9.27. The van der Waals surface area contributed by atoms with E-state index in [1.165, 1.54) is 5.57 Å². The fourth-order valence-corrected chi connectivity index (χ4v) is 2.47. The SMILES string of the molecule is CC(C)=CCOc1cc(Nc2nccc3ccccc23)ccc1C#N. The first-order valence-electron chi connectivity index (χ1n) is 8.08. The third-order valence-corrected chi connectivity index (χ3v) is 3.77. The van der Waals surface area contributed by atoms with Gasteiger partial charge in [-0.15, -0.1) is 0 Å². The number of anilines is 2. The molecule has 4 heteroatoms. The van der Waals surface area contributed by atoms with Crippen molar-refractivity contribution < 1.29 is 4.74 Å². The average Bonchev–Trinajstić information content (AvgIpc) is 2.62. The van der Waals surface area contributed by atoms with Crippen LogP contribution in [0.25, 0.3) is 10.8 Å². The fourth-order valence-electron chi connectivity index (χ4n) is 2.47. The summed E-state index contributed by atoms with van der Waals surface area (Å²) in [4.78, 5) is 4.43. The number of benzene rings is 2. The van der Waals surface area contributed by atoms with Crippen molar-refractivity contribution in [1.29, 1.82) is 5.26 Å². The van der Waals surface area contributed by atoms with E-state index in [2.05, 4.69) is 22.4 Å². The Labute approximate surface area is 147 Å². The van der Waals surface area contributed by atoms with Gasteiger partial charge in [0.15, 0.2) is 0 Å². The molecular formula is C21H19N3O. The van der Waals surface area contributed by atoms with E-state index in [0.717, 1.165) is 22.3 Å². The van der Waals surface area contributed by atoms with E-state index in [1.54, 1.807) is 12.3 Å². The van der Waals surface area contributed by atoms with Crippen LogP contribution in [-0.2, 0) is 0 Å². The second kappa shape index (κ2) is 7.50. The highest BCUT2D eigenvalue weighted by Gasteiger charge is 2.07. The number of hydrogen-bond donors (Lipinski definition) is 1. The van der Waals surface area contributed by atoms with Crippen LogP contribution < -0.4 is 10.1 Å². The lowest BCUT2D eigenvalue weighted by Crippen LogP contribution is -1.99. The number of nitrogens with zero attached hydrogens (tertiary/aromatic N) is 2. The molecule has 1 heterocycles. The summed E-state index contributed by atoms with van der Waals surface area (Å²) in [7, 11) is 0. The molecule has 1 aromatic heterocycles. The highest BCUT2D eigenvalue weighted by atomic mass is 16.5. The van der Waals surface area contributed by atoms with Crippen LogP contribution >= 0.6 is 0 Å². The van der Waals surface area contributed by atoms with Gasteiger partial charge in [0.05, 0.1) is 5.56 Å². The molecule has 3 rings (SSSR count). The van der Waals surface area contributed by atoms with Crippen LogP contribution in [-0.4, -0.2) is 11.6 Å². The van der Waals surface area contributed by atoms with Crippen LogP contribution in [0.4, 0.5) is 11.5 Å². The van der Waals surface area contributed by atoms with Gasteiger partial charge in [-0.05, 0) is 43.5 Å². The fraction of sp³-hybridized carbons (Fsp3) is 0.143. The molecular weight excluding hydrogens is 310 g/mol. The monoisotopic (exact) mass is 329 g/mol. The molecule has 124 valence electrons. The average molecular weight is 329 g/mol. The number of ether oxygens (including phenoxy) is 1. The van der Waals surface area contributed by atoms with Gasteiger partial charge in [-0.25, -0.2) is 4.98 Å². The van der Waals surface area contributed by atoms with Crippen LogP contribution in [0.1, 0.15) is 19.4 Å². The highest BCUT2D eigenvalue weighted by Crippen LogP contribution is 2.28. The summed E-state index contributed by atoms with van der Waals surface area (Å²) < 4.78 is 5.75. The maximum atomic E-state index is 9.27. The summed E-state index contributed by atoms with van der Waals surface area (Å²) in [6.45, 7) is 4.46.